The zero-order valence-electron chi connectivity index (χ0n) is 14.8. The monoisotopic (exact) mass is 345 g/mol. The highest BCUT2D eigenvalue weighted by molar-refractivity contribution is 5.95. The van der Waals surface area contributed by atoms with Gasteiger partial charge in [0.15, 0.2) is 6.61 Å². The number of benzene rings is 1. The molecule has 0 spiro atoms. The molecule has 6 heteroatoms. The normalized spacial score (nSPS) is 19.7. The number of carbonyl (C=O) groups excluding carboxylic acids is 2. The largest absolute Gasteiger partial charge is 0.484 e. The lowest BCUT2D eigenvalue weighted by Crippen LogP contribution is -2.43. The molecule has 2 N–H and O–H groups in total. The molecule has 0 radical (unpaired) electrons. The maximum Gasteiger partial charge on any atom is 0.257 e. The first-order chi connectivity index (χ1) is 12.1. The van der Waals surface area contributed by atoms with Crippen molar-refractivity contribution in [3.63, 3.8) is 0 Å². The molecule has 0 aliphatic carbocycles. The Morgan fingerprint density at radius 2 is 2.00 bits per heavy atom. The SMILES string of the molecule is CC1(CNC(=O)COc2ccc(N3CCCC3=O)cc2)CCNCC1. The minimum absolute atomic E-state index is 0.0102. The predicted molar refractivity (Wildman–Crippen MR) is 96.7 cm³/mol. The van der Waals surface area contributed by atoms with E-state index in [9.17, 15) is 9.59 Å². The van der Waals surface area contributed by atoms with Gasteiger partial charge in [-0.3, -0.25) is 9.59 Å². The fourth-order valence-electron chi connectivity index (χ4n) is 3.36. The van der Waals surface area contributed by atoms with Crippen molar-refractivity contribution in [1.29, 1.82) is 0 Å². The molecule has 2 fully saturated rings. The smallest absolute Gasteiger partial charge is 0.257 e. The van der Waals surface area contributed by atoms with Crippen molar-refractivity contribution in [2.75, 3.05) is 37.7 Å². The summed E-state index contributed by atoms with van der Waals surface area (Å²) in [6.07, 6.45) is 3.68. The van der Waals surface area contributed by atoms with Crippen molar-refractivity contribution in [2.45, 2.75) is 32.6 Å². The van der Waals surface area contributed by atoms with Gasteiger partial charge in [0.05, 0.1) is 0 Å². The summed E-state index contributed by atoms with van der Waals surface area (Å²) in [6, 6.07) is 7.35. The molecular weight excluding hydrogens is 318 g/mol. The summed E-state index contributed by atoms with van der Waals surface area (Å²) < 4.78 is 5.56. The number of rotatable bonds is 6. The van der Waals surface area contributed by atoms with Crippen LogP contribution in [-0.2, 0) is 9.59 Å². The number of anilines is 1. The van der Waals surface area contributed by atoms with Crippen LogP contribution in [0.15, 0.2) is 24.3 Å². The van der Waals surface area contributed by atoms with E-state index in [2.05, 4.69) is 17.6 Å². The maximum atomic E-state index is 12.0. The Hall–Kier alpha value is -2.08. The Labute approximate surface area is 148 Å². The van der Waals surface area contributed by atoms with Crippen LogP contribution in [0.2, 0.25) is 0 Å². The van der Waals surface area contributed by atoms with Crippen LogP contribution in [0.4, 0.5) is 5.69 Å². The van der Waals surface area contributed by atoms with E-state index in [0.717, 1.165) is 44.6 Å². The van der Waals surface area contributed by atoms with Gasteiger partial charge in [0.25, 0.3) is 5.91 Å². The lowest BCUT2D eigenvalue weighted by Gasteiger charge is -2.34. The lowest BCUT2D eigenvalue weighted by molar-refractivity contribution is -0.123. The van der Waals surface area contributed by atoms with Gasteiger partial charge in [0, 0.05) is 25.2 Å². The van der Waals surface area contributed by atoms with Crippen LogP contribution in [-0.4, -0.2) is 44.6 Å². The fraction of sp³-hybridized carbons (Fsp3) is 0.579. The van der Waals surface area contributed by atoms with Gasteiger partial charge in [-0.2, -0.15) is 0 Å². The quantitative estimate of drug-likeness (QED) is 0.823. The minimum Gasteiger partial charge on any atom is -0.484 e. The first-order valence-electron chi connectivity index (χ1n) is 9.06. The lowest BCUT2D eigenvalue weighted by atomic mass is 9.81. The molecule has 0 aromatic heterocycles. The molecule has 2 aliphatic heterocycles. The van der Waals surface area contributed by atoms with Crippen LogP contribution < -0.4 is 20.3 Å². The molecule has 2 amide bonds. The molecule has 136 valence electrons. The summed E-state index contributed by atoms with van der Waals surface area (Å²) in [5, 5.41) is 6.32. The highest BCUT2D eigenvalue weighted by atomic mass is 16.5. The van der Waals surface area contributed by atoms with Crippen LogP contribution in [0.1, 0.15) is 32.6 Å². The fourth-order valence-corrected chi connectivity index (χ4v) is 3.36. The average Bonchev–Trinajstić information content (AvgIpc) is 3.05. The van der Waals surface area contributed by atoms with Crippen LogP contribution >= 0.6 is 0 Å². The van der Waals surface area contributed by atoms with Gasteiger partial charge in [-0.25, -0.2) is 0 Å². The van der Waals surface area contributed by atoms with Gasteiger partial charge in [-0.1, -0.05) is 6.92 Å². The molecule has 3 rings (SSSR count). The van der Waals surface area contributed by atoms with Gasteiger partial charge in [-0.05, 0) is 62.0 Å². The summed E-state index contributed by atoms with van der Waals surface area (Å²) in [6.45, 7) is 5.70. The highest BCUT2D eigenvalue weighted by Gasteiger charge is 2.27. The second kappa shape index (κ2) is 7.87. The maximum absolute atomic E-state index is 12.0. The first-order valence-corrected chi connectivity index (χ1v) is 9.06. The number of carbonyl (C=O) groups is 2. The number of amides is 2. The molecular formula is C19H27N3O3. The van der Waals surface area contributed by atoms with Crippen molar-refractivity contribution in [3.8, 4) is 5.75 Å². The van der Waals surface area contributed by atoms with E-state index < -0.39 is 0 Å². The molecule has 2 saturated heterocycles. The molecule has 0 saturated carbocycles. The van der Waals surface area contributed by atoms with Gasteiger partial charge >= 0.3 is 0 Å². The van der Waals surface area contributed by atoms with E-state index in [-0.39, 0.29) is 23.8 Å². The number of piperidine rings is 1. The van der Waals surface area contributed by atoms with Crippen molar-refractivity contribution in [3.05, 3.63) is 24.3 Å². The van der Waals surface area contributed by atoms with E-state index in [0.29, 0.717) is 18.7 Å². The van der Waals surface area contributed by atoms with Gasteiger partial charge in [0.2, 0.25) is 5.91 Å². The number of hydrogen-bond donors (Lipinski definition) is 2. The zero-order valence-corrected chi connectivity index (χ0v) is 14.8. The Morgan fingerprint density at radius 3 is 2.64 bits per heavy atom. The minimum atomic E-state index is -0.0986. The summed E-state index contributed by atoms with van der Waals surface area (Å²) in [5.74, 6) is 0.705. The molecule has 2 aliphatic rings. The van der Waals surface area contributed by atoms with Crippen molar-refractivity contribution in [2.24, 2.45) is 5.41 Å². The van der Waals surface area contributed by atoms with E-state index >= 15 is 0 Å². The Morgan fingerprint density at radius 1 is 1.28 bits per heavy atom. The number of nitrogens with one attached hydrogen (secondary N) is 2. The topological polar surface area (TPSA) is 70.7 Å². The third-order valence-electron chi connectivity index (χ3n) is 5.11. The molecule has 1 aromatic carbocycles. The highest BCUT2D eigenvalue weighted by Crippen LogP contribution is 2.26. The summed E-state index contributed by atoms with van der Waals surface area (Å²) in [5.41, 5.74) is 1.06. The van der Waals surface area contributed by atoms with Crippen molar-refractivity contribution in [1.82, 2.24) is 10.6 Å². The van der Waals surface area contributed by atoms with E-state index in [4.69, 9.17) is 4.74 Å². The number of hydrogen-bond acceptors (Lipinski definition) is 4. The zero-order chi connectivity index (χ0) is 17.7. The van der Waals surface area contributed by atoms with Gasteiger partial charge in [0.1, 0.15) is 5.75 Å². The Kier molecular flexibility index (Phi) is 5.58. The summed E-state index contributed by atoms with van der Waals surface area (Å²) >= 11 is 0. The van der Waals surface area contributed by atoms with Crippen molar-refractivity contribution >= 4 is 17.5 Å². The number of ether oxygens (including phenoxy) is 1. The van der Waals surface area contributed by atoms with E-state index in [1.807, 2.05) is 24.3 Å². The second-order valence-electron chi connectivity index (χ2n) is 7.27. The van der Waals surface area contributed by atoms with Crippen LogP contribution in [0.25, 0.3) is 0 Å². The Balaban J connectivity index is 1.43. The summed E-state index contributed by atoms with van der Waals surface area (Å²) in [7, 11) is 0. The van der Waals surface area contributed by atoms with E-state index in [1.54, 1.807) is 4.90 Å². The van der Waals surface area contributed by atoms with Crippen LogP contribution in [0.3, 0.4) is 0 Å². The van der Waals surface area contributed by atoms with Crippen LogP contribution in [0, 0.1) is 5.41 Å². The Bertz CT molecular complexity index is 609. The number of nitrogens with zero attached hydrogens (tertiary/aromatic N) is 1. The molecule has 2 heterocycles. The third-order valence-corrected chi connectivity index (χ3v) is 5.11. The summed E-state index contributed by atoms with van der Waals surface area (Å²) in [4.78, 5) is 25.5. The van der Waals surface area contributed by atoms with E-state index in [1.165, 1.54) is 0 Å². The standard InChI is InChI=1S/C19H27N3O3/c1-19(8-10-20-11-9-19)14-21-17(23)13-25-16-6-4-15(5-7-16)22-12-2-3-18(22)24/h4-7,20H,2-3,8-14H2,1H3,(H,21,23). The van der Waals surface area contributed by atoms with Gasteiger partial charge in [-0.15, -0.1) is 0 Å². The molecule has 6 nitrogen and oxygen atoms in total. The molecule has 0 unspecified atom stereocenters. The molecule has 0 atom stereocenters. The average molecular weight is 345 g/mol. The predicted octanol–water partition coefficient (Wildman–Crippen LogP) is 1.70. The van der Waals surface area contributed by atoms with Crippen LogP contribution in [0.5, 0.6) is 5.75 Å². The second-order valence-corrected chi connectivity index (χ2v) is 7.27. The van der Waals surface area contributed by atoms with Crippen molar-refractivity contribution < 1.29 is 14.3 Å². The molecule has 1 aromatic rings. The third kappa shape index (κ3) is 4.72. The van der Waals surface area contributed by atoms with Gasteiger partial charge < -0.3 is 20.3 Å². The first kappa shape index (κ1) is 17.7. The molecule has 25 heavy (non-hydrogen) atoms. The molecule has 0 bridgehead atoms.